The van der Waals surface area contributed by atoms with Gasteiger partial charge in [-0.05, 0) is 30.9 Å². The minimum atomic E-state index is -0.0173. The van der Waals surface area contributed by atoms with Crippen molar-refractivity contribution in [1.82, 2.24) is 15.2 Å². The lowest BCUT2D eigenvalue weighted by Crippen LogP contribution is -2.48. The fourth-order valence-corrected chi connectivity index (χ4v) is 3.44. The Labute approximate surface area is 142 Å². The summed E-state index contributed by atoms with van der Waals surface area (Å²) in [4.78, 5) is 18.4. The van der Waals surface area contributed by atoms with Crippen LogP contribution in [0, 0.1) is 0 Å². The van der Waals surface area contributed by atoms with Crippen molar-refractivity contribution in [2.24, 2.45) is 0 Å². The van der Waals surface area contributed by atoms with E-state index in [2.05, 4.69) is 16.9 Å². The zero-order valence-electron chi connectivity index (χ0n) is 13.9. The Hall–Kier alpha value is -1.92. The quantitative estimate of drug-likeness (QED) is 0.641. The van der Waals surface area contributed by atoms with Gasteiger partial charge in [0.2, 0.25) is 0 Å². The largest absolute Gasteiger partial charge is 0.375 e. The van der Waals surface area contributed by atoms with Gasteiger partial charge >= 0.3 is 6.03 Å². The predicted molar refractivity (Wildman–Crippen MR) is 90.5 cm³/mol. The van der Waals surface area contributed by atoms with Crippen molar-refractivity contribution >= 4 is 6.03 Å². The van der Waals surface area contributed by atoms with Crippen LogP contribution in [-0.2, 0) is 16.0 Å². The predicted octanol–water partition coefficient (Wildman–Crippen LogP) is 2.12. The lowest BCUT2D eigenvalue weighted by Gasteiger charge is -2.35. The van der Waals surface area contributed by atoms with Crippen molar-refractivity contribution in [2.75, 3.05) is 19.8 Å². The molecule has 3 heterocycles. The third-order valence-corrected chi connectivity index (χ3v) is 4.60. The summed E-state index contributed by atoms with van der Waals surface area (Å²) in [6, 6.07) is 3.99. The van der Waals surface area contributed by atoms with Crippen molar-refractivity contribution in [2.45, 2.75) is 44.1 Å². The number of rotatable bonds is 6. The van der Waals surface area contributed by atoms with Crippen LogP contribution >= 0.6 is 0 Å². The molecule has 0 unspecified atom stereocenters. The lowest BCUT2D eigenvalue weighted by molar-refractivity contribution is -0.0930. The number of amides is 2. The Kier molecular flexibility index (Phi) is 5.82. The number of nitrogens with one attached hydrogen (secondary N) is 1. The zero-order valence-corrected chi connectivity index (χ0v) is 13.9. The summed E-state index contributed by atoms with van der Waals surface area (Å²) in [6.07, 6.45) is 8.27. The topological polar surface area (TPSA) is 63.7 Å². The Balaban J connectivity index is 1.47. The first-order valence-corrected chi connectivity index (χ1v) is 8.55. The molecule has 3 atom stereocenters. The van der Waals surface area contributed by atoms with Gasteiger partial charge in [0.05, 0.1) is 31.5 Å². The summed E-state index contributed by atoms with van der Waals surface area (Å²) in [7, 11) is 0. The first-order valence-electron chi connectivity index (χ1n) is 8.55. The first-order chi connectivity index (χ1) is 11.8. The molecule has 0 spiro atoms. The number of ether oxygens (including phenoxy) is 2. The summed E-state index contributed by atoms with van der Waals surface area (Å²) in [5.74, 6) is 0. The maximum Gasteiger partial charge on any atom is 0.318 e. The molecule has 130 valence electrons. The summed E-state index contributed by atoms with van der Waals surface area (Å²) in [5.41, 5.74) is 1.00. The van der Waals surface area contributed by atoms with Crippen molar-refractivity contribution in [1.29, 1.82) is 0 Å². The highest BCUT2D eigenvalue weighted by Crippen LogP contribution is 2.31. The van der Waals surface area contributed by atoms with Crippen LogP contribution in [-0.4, -0.2) is 53.9 Å². The monoisotopic (exact) mass is 331 g/mol. The van der Waals surface area contributed by atoms with E-state index in [0.29, 0.717) is 19.8 Å². The van der Waals surface area contributed by atoms with Gasteiger partial charge in [-0.1, -0.05) is 12.1 Å². The summed E-state index contributed by atoms with van der Waals surface area (Å²) in [5, 5.41) is 2.98. The molecule has 0 saturated carbocycles. The molecular weight excluding hydrogens is 306 g/mol. The second kappa shape index (κ2) is 8.26. The van der Waals surface area contributed by atoms with Gasteiger partial charge in [-0.15, -0.1) is 6.58 Å². The van der Waals surface area contributed by atoms with E-state index in [1.807, 2.05) is 17.0 Å². The zero-order chi connectivity index (χ0) is 16.8. The molecule has 3 rings (SSSR count). The molecule has 1 N–H and O–H groups in total. The molecular formula is C18H25N3O3. The minimum absolute atomic E-state index is 0.0173. The first kappa shape index (κ1) is 16.9. The van der Waals surface area contributed by atoms with Gasteiger partial charge in [0, 0.05) is 25.5 Å². The van der Waals surface area contributed by atoms with Crippen molar-refractivity contribution in [3.05, 3.63) is 42.7 Å². The number of fused-ring (bicyclic) bond motifs is 1. The van der Waals surface area contributed by atoms with E-state index in [-0.39, 0.29) is 24.3 Å². The molecule has 0 radical (unpaired) electrons. The van der Waals surface area contributed by atoms with E-state index in [9.17, 15) is 4.79 Å². The van der Waals surface area contributed by atoms with Gasteiger partial charge in [0.15, 0.2) is 0 Å². The van der Waals surface area contributed by atoms with Crippen LogP contribution in [0.25, 0.3) is 0 Å². The van der Waals surface area contributed by atoms with Gasteiger partial charge < -0.3 is 19.7 Å². The average molecular weight is 331 g/mol. The Morgan fingerprint density at radius 1 is 1.50 bits per heavy atom. The van der Waals surface area contributed by atoms with Gasteiger partial charge in [-0.25, -0.2) is 4.79 Å². The van der Waals surface area contributed by atoms with Gasteiger partial charge in [-0.2, -0.15) is 0 Å². The number of hydrogen-bond acceptors (Lipinski definition) is 4. The van der Waals surface area contributed by atoms with Crippen LogP contribution in [0.3, 0.4) is 0 Å². The van der Waals surface area contributed by atoms with Crippen LogP contribution in [0.4, 0.5) is 4.79 Å². The number of carbonyl (C=O) groups is 1. The van der Waals surface area contributed by atoms with Gasteiger partial charge in [0.25, 0.3) is 0 Å². The number of likely N-dealkylation sites (tertiary alicyclic amines) is 1. The van der Waals surface area contributed by atoms with Crippen molar-refractivity contribution < 1.29 is 14.3 Å². The SMILES string of the molecule is C=CCOC[C@@H]1CC[C@H]2[C@H](CCN2C(=O)NCc2cccnc2)O1. The molecule has 24 heavy (non-hydrogen) atoms. The molecule has 2 aliphatic heterocycles. The Morgan fingerprint density at radius 3 is 3.21 bits per heavy atom. The highest BCUT2D eigenvalue weighted by Gasteiger charge is 2.41. The second-order valence-electron chi connectivity index (χ2n) is 6.27. The lowest BCUT2D eigenvalue weighted by atomic mass is 9.99. The molecule has 0 aliphatic carbocycles. The molecule has 0 aromatic carbocycles. The van der Waals surface area contributed by atoms with E-state index in [4.69, 9.17) is 9.47 Å². The van der Waals surface area contributed by atoms with E-state index in [0.717, 1.165) is 31.4 Å². The van der Waals surface area contributed by atoms with Crippen LogP contribution in [0.5, 0.6) is 0 Å². The fourth-order valence-electron chi connectivity index (χ4n) is 3.44. The van der Waals surface area contributed by atoms with E-state index < -0.39 is 0 Å². The Bertz CT molecular complexity index is 552. The van der Waals surface area contributed by atoms with E-state index in [1.165, 1.54) is 0 Å². The maximum atomic E-state index is 12.5. The maximum absolute atomic E-state index is 12.5. The smallest absolute Gasteiger partial charge is 0.318 e. The number of hydrogen-bond donors (Lipinski definition) is 1. The molecule has 0 bridgehead atoms. The normalized spacial score (nSPS) is 26.0. The highest BCUT2D eigenvalue weighted by molar-refractivity contribution is 5.75. The molecule has 2 saturated heterocycles. The standard InChI is InChI=1S/C18H25N3O3/c1-2-10-23-13-15-5-6-16-17(24-15)7-9-21(16)18(22)20-12-14-4-3-8-19-11-14/h2-4,8,11,15-17H,1,5-7,9-10,12-13H2,(H,20,22)/t15-,16-,17-/m0/s1. The Morgan fingerprint density at radius 2 is 2.42 bits per heavy atom. The van der Waals surface area contributed by atoms with Crippen molar-refractivity contribution in [3.63, 3.8) is 0 Å². The van der Waals surface area contributed by atoms with Crippen LogP contribution in [0.2, 0.25) is 0 Å². The number of urea groups is 1. The third-order valence-electron chi connectivity index (χ3n) is 4.60. The summed E-state index contributed by atoms with van der Waals surface area (Å²) in [6.45, 7) is 6.04. The van der Waals surface area contributed by atoms with E-state index >= 15 is 0 Å². The van der Waals surface area contributed by atoms with Gasteiger partial charge in [0.1, 0.15) is 0 Å². The van der Waals surface area contributed by atoms with Crippen LogP contribution in [0.1, 0.15) is 24.8 Å². The van der Waals surface area contributed by atoms with Crippen LogP contribution in [0.15, 0.2) is 37.2 Å². The van der Waals surface area contributed by atoms with Gasteiger partial charge in [-0.3, -0.25) is 4.98 Å². The molecule has 2 aliphatic rings. The second-order valence-corrected chi connectivity index (χ2v) is 6.27. The third kappa shape index (κ3) is 4.13. The highest BCUT2D eigenvalue weighted by atomic mass is 16.5. The average Bonchev–Trinajstić information content (AvgIpc) is 3.04. The van der Waals surface area contributed by atoms with E-state index in [1.54, 1.807) is 18.5 Å². The fraction of sp³-hybridized carbons (Fsp3) is 0.556. The minimum Gasteiger partial charge on any atom is -0.375 e. The molecule has 1 aromatic heterocycles. The van der Waals surface area contributed by atoms with Crippen LogP contribution < -0.4 is 5.32 Å². The molecule has 6 nitrogen and oxygen atoms in total. The number of carbonyl (C=O) groups excluding carboxylic acids is 1. The molecule has 2 fully saturated rings. The number of pyridine rings is 1. The molecule has 2 amide bonds. The molecule has 6 heteroatoms. The van der Waals surface area contributed by atoms with Crippen molar-refractivity contribution in [3.8, 4) is 0 Å². The summed E-state index contributed by atoms with van der Waals surface area (Å²) < 4.78 is 11.6. The molecule has 1 aromatic rings. The summed E-state index contributed by atoms with van der Waals surface area (Å²) >= 11 is 0. The number of nitrogens with zero attached hydrogens (tertiary/aromatic N) is 2. The number of aromatic nitrogens is 1.